The Kier molecular flexibility index (Phi) is 5.85. The van der Waals surface area contributed by atoms with Gasteiger partial charge in [0.2, 0.25) is 0 Å². The quantitative estimate of drug-likeness (QED) is 0.627. The molecule has 0 aliphatic heterocycles. The molecule has 0 saturated carbocycles. The van der Waals surface area contributed by atoms with Crippen molar-refractivity contribution >= 4 is 19.2 Å². The number of hydrogen-bond donors (Lipinski definition) is 0. The van der Waals surface area contributed by atoms with Crippen LogP contribution in [-0.4, -0.2) is 19.2 Å². The summed E-state index contributed by atoms with van der Waals surface area (Å²) >= 11 is -2.99. The summed E-state index contributed by atoms with van der Waals surface area (Å²) in [6, 6.07) is 20.7. The van der Waals surface area contributed by atoms with E-state index in [0.29, 0.717) is 0 Å². The van der Waals surface area contributed by atoms with Crippen molar-refractivity contribution in [3.05, 3.63) is 71.8 Å². The third kappa shape index (κ3) is 5.13. The molecule has 112 valence electrons. The maximum absolute atomic E-state index is 6.30. The van der Waals surface area contributed by atoms with E-state index in [1.165, 1.54) is 11.1 Å². The minimum absolute atomic E-state index is 0.0833. The fourth-order valence-corrected chi connectivity index (χ4v) is 8.26. The van der Waals surface area contributed by atoms with Gasteiger partial charge in [-0.15, -0.1) is 0 Å². The van der Waals surface area contributed by atoms with Crippen LogP contribution < -0.4 is 0 Å². The summed E-state index contributed by atoms with van der Waals surface area (Å²) in [5.74, 6) is 0. The van der Waals surface area contributed by atoms with Gasteiger partial charge in [-0.1, -0.05) is 0 Å². The molecule has 0 aliphatic carbocycles. The van der Waals surface area contributed by atoms with Crippen molar-refractivity contribution < 1.29 is 6.15 Å². The van der Waals surface area contributed by atoms with Crippen molar-refractivity contribution in [3.8, 4) is 0 Å². The molecule has 21 heavy (non-hydrogen) atoms. The molecular weight excluding hydrogens is 367 g/mol. The molecule has 0 saturated heterocycles. The molecule has 0 bridgehead atoms. The Hall–Kier alpha value is -0.841. The van der Waals surface area contributed by atoms with Gasteiger partial charge in [0.15, 0.2) is 0 Å². The first-order valence-electron chi connectivity index (χ1n) is 7.43. The number of rotatable bonds is 6. The van der Waals surface area contributed by atoms with Gasteiger partial charge in [0.1, 0.15) is 0 Å². The SMILES string of the molecule is CC([O][Sn]([CH3])([CH3])[O]C(C)c1ccccc1)c1ccccc1. The van der Waals surface area contributed by atoms with Gasteiger partial charge in [0.05, 0.1) is 0 Å². The molecule has 0 fully saturated rings. The van der Waals surface area contributed by atoms with Gasteiger partial charge in [-0.25, -0.2) is 0 Å². The van der Waals surface area contributed by atoms with Crippen LogP contribution in [0.25, 0.3) is 0 Å². The Balaban J connectivity index is 1.98. The zero-order valence-corrected chi connectivity index (χ0v) is 16.1. The van der Waals surface area contributed by atoms with Gasteiger partial charge in [0, 0.05) is 0 Å². The molecule has 0 aromatic heterocycles. The van der Waals surface area contributed by atoms with Gasteiger partial charge < -0.3 is 0 Å². The van der Waals surface area contributed by atoms with Crippen LogP contribution in [0, 0.1) is 0 Å². The van der Waals surface area contributed by atoms with Crippen LogP contribution in [-0.2, 0) is 6.15 Å². The van der Waals surface area contributed by atoms with Crippen molar-refractivity contribution in [1.82, 2.24) is 0 Å². The summed E-state index contributed by atoms with van der Waals surface area (Å²) < 4.78 is 12.6. The van der Waals surface area contributed by atoms with Crippen LogP contribution in [0.4, 0.5) is 0 Å². The molecule has 0 heterocycles. The van der Waals surface area contributed by atoms with Crippen molar-refractivity contribution in [1.29, 1.82) is 0 Å². The summed E-state index contributed by atoms with van der Waals surface area (Å²) in [6.45, 7) is 4.20. The second kappa shape index (κ2) is 7.43. The van der Waals surface area contributed by atoms with Crippen LogP contribution in [0.3, 0.4) is 0 Å². The van der Waals surface area contributed by atoms with E-state index in [0.717, 1.165) is 0 Å². The van der Waals surface area contributed by atoms with Crippen molar-refractivity contribution in [2.45, 2.75) is 35.9 Å². The van der Waals surface area contributed by atoms with Crippen LogP contribution >= 0.6 is 0 Å². The molecule has 0 amide bonds. The van der Waals surface area contributed by atoms with E-state index < -0.39 is 19.2 Å². The number of benzene rings is 2. The van der Waals surface area contributed by atoms with Crippen molar-refractivity contribution in [2.75, 3.05) is 0 Å². The predicted molar refractivity (Wildman–Crippen MR) is 89.4 cm³/mol. The Morgan fingerprint density at radius 1 is 0.667 bits per heavy atom. The molecule has 0 spiro atoms. The Bertz CT molecular complexity index is 490. The molecule has 2 atom stereocenters. The standard InChI is InChI=1S/2C8H9O.2CH3.Sn/c2*1-7(9)8-5-3-2-4-6-8;;;/h2*2-7H,1H3;2*1H3;/q2*-1;;;+2. The van der Waals surface area contributed by atoms with Gasteiger partial charge in [-0.2, -0.15) is 0 Å². The zero-order valence-electron chi connectivity index (χ0n) is 13.2. The molecule has 0 N–H and O–H groups in total. The van der Waals surface area contributed by atoms with Crippen LogP contribution in [0.5, 0.6) is 0 Å². The van der Waals surface area contributed by atoms with E-state index in [9.17, 15) is 0 Å². The van der Waals surface area contributed by atoms with Crippen LogP contribution in [0.15, 0.2) is 60.7 Å². The molecule has 3 heteroatoms. The minimum atomic E-state index is -2.99. The molecule has 2 rings (SSSR count). The first kappa shape index (κ1) is 16.5. The first-order valence-corrected chi connectivity index (χ1v) is 15.5. The van der Waals surface area contributed by atoms with E-state index in [1.54, 1.807) is 0 Å². The fraction of sp³-hybridized carbons (Fsp3) is 0.333. The summed E-state index contributed by atoms with van der Waals surface area (Å²) in [7, 11) is 0. The third-order valence-electron chi connectivity index (χ3n) is 3.46. The van der Waals surface area contributed by atoms with E-state index in [1.807, 2.05) is 36.4 Å². The first-order chi connectivity index (χ1) is 9.98. The van der Waals surface area contributed by atoms with E-state index in [2.05, 4.69) is 48.0 Å². The summed E-state index contributed by atoms with van der Waals surface area (Å²) in [5.41, 5.74) is 2.41. The van der Waals surface area contributed by atoms with E-state index in [-0.39, 0.29) is 12.2 Å². The molecule has 2 aromatic rings. The van der Waals surface area contributed by atoms with E-state index >= 15 is 0 Å². The Morgan fingerprint density at radius 2 is 1.00 bits per heavy atom. The predicted octanol–water partition coefficient (Wildman–Crippen LogP) is 5.24. The average Bonchev–Trinajstić information content (AvgIpc) is 2.48. The monoisotopic (exact) mass is 392 g/mol. The molecule has 0 radical (unpaired) electrons. The summed E-state index contributed by atoms with van der Waals surface area (Å²) in [5, 5.41) is 0. The topological polar surface area (TPSA) is 18.5 Å². The Morgan fingerprint density at radius 3 is 1.33 bits per heavy atom. The Labute approximate surface area is 133 Å². The van der Waals surface area contributed by atoms with Gasteiger partial charge in [-0.05, 0) is 0 Å². The second-order valence-corrected chi connectivity index (χ2v) is 15.1. The van der Waals surface area contributed by atoms with Crippen molar-refractivity contribution in [2.24, 2.45) is 0 Å². The molecule has 0 aliphatic rings. The summed E-state index contributed by atoms with van der Waals surface area (Å²) in [6.07, 6.45) is 0.167. The van der Waals surface area contributed by atoms with Crippen LogP contribution in [0.2, 0.25) is 9.88 Å². The fourth-order valence-electron chi connectivity index (χ4n) is 2.46. The molecule has 2 nitrogen and oxygen atoms in total. The number of hydrogen-bond acceptors (Lipinski definition) is 2. The normalized spacial score (nSPS) is 14.7. The molecule has 2 aromatic carbocycles. The molecular formula is C18H24O2Sn. The molecule has 2 unspecified atom stereocenters. The zero-order chi connectivity index (χ0) is 15.3. The van der Waals surface area contributed by atoms with Gasteiger partial charge in [-0.3, -0.25) is 0 Å². The van der Waals surface area contributed by atoms with Crippen LogP contribution in [0.1, 0.15) is 37.2 Å². The van der Waals surface area contributed by atoms with E-state index in [4.69, 9.17) is 6.15 Å². The van der Waals surface area contributed by atoms with Crippen molar-refractivity contribution in [3.63, 3.8) is 0 Å². The van der Waals surface area contributed by atoms with Gasteiger partial charge in [0.25, 0.3) is 0 Å². The summed E-state index contributed by atoms with van der Waals surface area (Å²) in [4.78, 5) is 4.35. The third-order valence-corrected chi connectivity index (χ3v) is 8.72. The van der Waals surface area contributed by atoms with Gasteiger partial charge >= 0.3 is 133 Å². The second-order valence-electron chi connectivity index (χ2n) is 5.74. The average molecular weight is 391 g/mol. The maximum atomic E-state index is 6.30.